The summed E-state index contributed by atoms with van der Waals surface area (Å²) in [6.07, 6.45) is 0. The van der Waals surface area contributed by atoms with Crippen LogP contribution in [0.5, 0.6) is 0 Å². The molecule has 0 radical (unpaired) electrons. The van der Waals surface area contributed by atoms with Crippen molar-refractivity contribution in [3.8, 4) is 0 Å². The van der Waals surface area contributed by atoms with Crippen molar-refractivity contribution >= 4 is 28.4 Å². The molecular weight excluding hydrogens is 274 g/mol. The van der Waals surface area contributed by atoms with E-state index in [0.29, 0.717) is 11.6 Å². The molecule has 0 aliphatic heterocycles. The Hall–Kier alpha value is -2.08. The number of nitrogen functional groups attached to an aromatic ring is 1. The van der Waals surface area contributed by atoms with Gasteiger partial charge in [0.1, 0.15) is 0 Å². The van der Waals surface area contributed by atoms with Gasteiger partial charge >= 0.3 is 0 Å². The van der Waals surface area contributed by atoms with Gasteiger partial charge < -0.3 is 11.1 Å². The summed E-state index contributed by atoms with van der Waals surface area (Å²) in [4.78, 5) is 11.5. The molecule has 0 saturated carbocycles. The highest BCUT2D eigenvalue weighted by molar-refractivity contribution is 7.10. The highest BCUT2D eigenvalue weighted by Crippen LogP contribution is 2.33. The van der Waals surface area contributed by atoms with Crippen LogP contribution in [0.3, 0.4) is 0 Å². The number of benzene rings is 1. The number of hydrogen-bond donors (Lipinski definition) is 2. The van der Waals surface area contributed by atoms with Gasteiger partial charge in [-0.15, -0.1) is 11.3 Å². The molecule has 1 aromatic heterocycles. The van der Waals surface area contributed by atoms with Crippen molar-refractivity contribution in [1.82, 2.24) is 0 Å². The lowest BCUT2D eigenvalue weighted by atomic mass is 10.0. The number of nitrogens with one attached hydrogen (secondary N) is 1. The van der Waals surface area contributed by atoms with Gasteiger partial charge in [0.05, 0.1) is 22.3 Å². The number of nitro benzene ring substituents is 1. The van der Waals surface area contributed by atoms with Crippen molar-refractivity contribution in [2.45, 2.75) is 19.9 Å². The molecule has 3 N–H and O–H groups in total. The second kappa shape index (κ2) is 5.92. The van der Waals surface area contributed by atoms with E-state index >= 15 is 0 Å². The van der Waals surface area contributed by atoms with Crippen LogP contribution in [-0.2, 0) is 0 Å². The number of rotatable bonds is 5. The minimum absolute atomic E-state index is 0.00488. The molecule has 0 aliphatic rings. The van der Waals surface area contributed by atoms with Gasteiger partial charge in [-0.25, -0.2) is 0 Å². The molecule has 6 heteroatoms. The zero-order valence-corrected chi connectivity index (χ0v) is 12.2. The highest BCUT2D eigenvalue weighted by atomic mass is 32.1. The van der Waals surface area contributed by atoms with Crippen molar-refractivity contribution in [2.24, 2.45) is 5.92 Å². The maximum atomic E-state index is 10.7. The molecule has 0 bridgehead atoms. The van der Waals surface area contributed by atoms with E-state index in [1.54, 1.807) is 17.4 Å². The molecule has 0 fully saturated rings. The van der Waals surface area contributed by atoms with E-state index in [0.717, 1.165) is 5.69 Å². The topological polar surface area (TPSA) is 81.2 Å². The standard InChI is InChI=1S/C14H17N3O2S/c1-9(2)14(13-4-3-7-20-13)16-12-6-5-10(17(18)19)8-11(12)15/h3-9,14,16H,15H2,1-2H3. The third kappa shape index (κ3) is 3.08. The number of nitro groups is 1. The van der Waals surface area contributed by atoms with Crippen LogP contribution < -0.4 is 11.1 Å². The van der Waals surface area contributed by atoms with Gasteiger partial charge in [-0.05, 0) is 23.4 Å². The monoisotopic (exact) mass is 291 g/mol. The molecule has 5 nitrogen and oxygen atoms in total. The van der Waals surface area contributed by atoms with E-state index < -0.39 is 4.92 Å². The predicted molar refractivity (Wildman–Crippen MR) is 83.0 cm³/mol. The molecule has 106 valence electrons. The summed E-state index contributed by atoms with van der Waals surface area (Å²) in [5.41, 5.74) is 7.02. The van der Waals surface area contributed by atoms with Crippen molar-refractivity contribution in [1.29, 1.82) is 0 Å². The molecule has 20 heavy (non-hydrogen) atoms. The molecule has 1 unspecified atom stereocenters. The SMILES string of the molecule is CC(C)C(Nc1ccc([N+](=O)[O-])cc1N)c1cccs1. The average molecular weight is 291 g/mol. The molecule has 0 aliphatic carbocycles. The van der Waals surface area contributed by atoms with Crippen LogP contribution in [0.15, 0.2) is 35.7 Å². The summed E-state index contributed by atoms with van der Waals surface area (Å²) in [7, 11) is 0. The fourth-order valence-corrected chi connectivity index (χ4v) is 2.95. The Labute approximate surface area is 121 Å². The number of thiophene rings is 1. The summed E-state index contributed by atoms with van der Waals surface area (Å²) in [6.45, 7) is 4.25. The highest BCUT2D eigenvalue weighted by Gasteiger charge is 2.18. The van der Waals surface area contributed by atoms with E-state index in [2.05, 4.69) is 25.2 Å². The van der Waals surface area contributed by atoms with Gasteiger partial charge in [0, 0.05) is 17.0 Å². The summed E-state index contributed by atoms with van der Waals surface area (Å²) in [5, 5.41) is 16.1. The van der Waals surface area contributed by atoms with Crippen molar-refractivity contribution < 1.29 is 4.92 Å². The van der Waals surface area contributed by atoms with E-state index in [1.807, 2.05) is 11.4 Å². The normalized spacial score (nSPS) is 12.3. The van der Waals surface area contributed by atoms with Crippen molar-refractivity contribution in [2.75, 3.05) is 11.1 Å². The minimum atomic E-state index is -0.445. The number of hydrogen-bond acceptors (Lipinski definition) is 5. The van der Waals surface area contributed by atoms with Gasteiger partial charge in [0.15, 0.2) is 0 Å². The molecule has 0 spiro atoms. The lowest BCUT2D eigenvalue weighted by Crippen LogP contribution is -2.16. The van der Waals surface area contributed by atoms with Gasteiger partial charge in [-0.1, -0.05) is 19.9 Å². The largest absolute Gasteiger partial charge is 0.397 e. The van der Waals surface area contributed by atoms with E-state index in [4.69, 9.17) is 5.73 Å². The Morgan fingerprint density at radius 3 is 2.60 bits per heavy atom. The Morgan fingerprint density at radius 2 is 2.10 bits per heavy atom. The Kier molecular flexibility index (Phi) is 4.24. The Morgan fingerprint density at radius 1 is 1.35 bits per heavy atom. The van der Waals surface area contributed by atoms with E-state index in [9.17, 15) is 10.1 Å². The maximum absolute atomic E-state index is 10.7. The lowest BCUT2D eigenvalue weighted by Gasteiger charge is -2.23. The summed E-state index contributed by atoms with van der Waals surface area (Å²) < 4.78 is 0. The number of nitrogens with two attached hydrogens (primary N) is 1. The molecule has 1 atom stereocenters. The molecule has 2 aromatic rings. The first-order valence-corrected chi connectivity index (χ1v) is 7.21. The second-order valence-corrected chi connectivity index (χ2v) is 5.89. The third-order valence-electron chi connectivity index (χ3n) is 3.07. The molecule has 2 rings (SSSR count). The first-order valence-electron chi connectivity index (χ1n) is 6.33. The van der Waals surface area contributed by atoms with Crippen LogP contribution in [0, 0.1) is 16.0 Å². The Bertz CT molecular complexity index is 596. The van der Waals surface area contributed by atoms with Crippen molar-refractivity contribution in [3.63, 3.8) is 0 Å². The molecule has 1 aromatic carbocycles. The van der Waals surface area contributed by atoms with Crippen LogP contribution in [0.25, 0.3) is 0 Å². The minimum Gasteiger partial charge on any atom is -0.397 e. The molecule has 0 saturated heterocycles. The number of nitrogens with zero attached hydrogens (tertiary/aromatic N) is 1. The third-order valence-corrected chi connectivity index (χ3v) is 4.03. The zero-order chi connectivity index (χ0) is 14.7. The van der Waals surface area contributed by atoms with Crippen LogP contribution in [0.1, 0.15) is 24.8 Å². The summed E-state index contributed by atoms with van der Waals surface area (Å²) in [5.74, 6) is 0.378. The maximum Gasteiger partial charge on any atom is 0.271 e. The molecule has 0 amide bonds. The van der Waals surface area contributed by atoms with Gasteiger partial charge in [-0.3, -0.25) is 10.1 Å². The first-order chi connectivity index (χ1) is 9.49. The van der Waals surface area contributed by atoms with E-state index in [-0.39, 0.29) is 11.7 Å². The Balaban J connectivity index is 2.25. The van der Waals surface area contributed by atoms with Crippen LogP contribution >= 0.6 is 11.3 Å². The van der Waals surface area contributed by atoms with Crippen molar-refractivity contribution in [3.05, 3.63) is 50.7 Å². The predicted octanol–water partition coefficient (Wildman–Crippen LogP) is 4.05. The number of non-ortho nitro benzene ring substituents is 1. The fourth-order valence-electron chi connectivity index (χ4n) is 2.00. The van der Waals surface area contributed by atoms with Gasteiger partial charge in [0.25, 0.3) is 5.69 Å². The number of anilines is 2. The average Bonchev–Trinajstić information content (AvgIpc) is 2.90. The van der Waals surface area contributed by atoms with Gasteiger partial charge in [-0.2, -0.15) is 0 Å². The van der Waals surface area contributed by atoms with Gasteiger partial charge in [0.2, 0.25) is 0 Å². The van der Waals surface area contributed by atoms with Crippen LogP contribution in [-0.4, -0.2) is 4.92 Å². The first kappa shape index (κ1) is 14.3. The quantitative estimate of drug-likeness (QED) is 0.494. The van der Waals surface area contributed by atoms with E-state index in [1.165, 1.54) is 17.0 Å². The molecule has 1 heterocycles. The van der Waals surface area contributed by atoms with Crippen LogP contribution in [0.4, 0.5) is 17.1 Å². The second-order valence-electron chi connectivity index (χ2n) is 4.91. The smallest absolute Gasteiger partial charge is 0.271 e. The fraction of sp³-hybridized carbons (Fsp3) is 0.286. The summed E-state index contributed by atoms with van der Waals surface area (Å²) in [6, 6.07) is 8.73. The van der Waals surface area contributed by atoms with Crippen LogP contribution in [0.2, 0.25) is 0 Å². The zero-order valence-electron chi connectivity index (χ0n) is 11.4. The summed E-state index contributed by atoms with van der Waals surface area (Å²) >= 11 is 1.68. The molecular formula is C14H17N3O2S. The lowest BCUT2D eigenvalue weighted by molar-refractivity contribution is -0.384.